The molecule has 0 bridgehead atoms. The first kappa shape index (κ1) is 12.7. The Bertz CT molecular complexity index is 491. The quantitative estimate of drug-likeness (QED) is 0.866. The molecule has 0 aliphatic rings. The highest BCUT2D eigenvalue weighted by Gasteiger charge is 2.17. The zero-order valence-corrected chi connectivity index (χ0v) is 10.5. The van der Waals surface area contributed by atoms with E-state index in [1.165, 1.54) is 0 Å². The first-order valence-corrected chi connectivity index (χ1v) is 5.80. The van der Waals surface area contributed by atoms with Crippen molar-refractivity contribution in [2.45, 2.75) is 26.0 Å². The number of rotatable bonds is 5. The lowest BCUT2D eigenvalue weighted by Crippen LogP contribution is -2.01. The van der Waals surface area contributed by atoms with E-state index in [2.05, 4.69) is 15.1 Å². The number of aromatic nitrogens is 3. The molecule has 2 heterocycles. The summed E-state index contributed by atoms with van der Waals surface area (Å²) in [5, 5.41) is 3.90. The van der Waals surface area contributed by atoms with Crippen LogP contribution >= 0.6 is 0 Å². The Labute approximate surface area is 105 Å². The second kappa shape index (κ2) is 5.70. The maximum Gasteiger partial charge on any atom is 0.276 e. The van der Waals surface area contributed by atoms with Gasteiger partial charge in [0.2, 0.25) is 5.82 Å². The van der Waals surface area contributed by atoms with Crippen LogP contribution in [0.1, 0.15) is 30.8 Å². The molecular formula is C12H16N4O2. The van der Waals surface area contributed by atoms with Gasteiger partial charge in [-0.15, -0.1) is 0 Å². The summed E-state index contributed by atoms with van der Waals surface area (Å²) >= 11 is 0. The van der Waals surface area contributed by atoms with E-state index in [9.17, 15) is 0 Å². The van der Waals surface area contributed by atoms with Crippen LogP contribution in [0.4, 0.5) is 0 Å². The van der Waals surface area contributed by atoms with Crippen molar-refractivity contribution in [2.75, 3.05) is 7.11 Å². The van der Waals surface area contributed by atoms with Gasteiger partial charge in [0.15, 0.2) is 0 Å². The van der Waals surface area contributed by atoms with Crippen LogP contribution in [0.3, 0.4) is 0 Å². The van der Waals surface area contributed by atoms with E-state index in [4.69, 9.17) is 15.0 Å². The van der Waals surface area contributed by atoms with E-state index in [1.54, 1.807) is 13.3 Å². The Kier molecular flexibility index (Phi) is 4.01. The van der Waals surface area contributed by atoms with Crippen LogP contribution in [-0.4, -0.2) is 22.2 Å². The van der Waals surface area contributed by atoms with Crippen LogP contribution in [0, 0.1) is 0 Å². The molecule has 2 N–H and O–H groups in total. The summed E-state index contributed by atoms with van der Waals surface area (Å²) in [5.41, 5.74) is 7.11. The molecule has 0 saturated heterocycles. The molecule has 0 aliphatic heterocycles. The normalized spacial score (nSPS) is 12.6. The summed E-state index contributed by atoms with van der Waals surface area (Å²) in [6.45, 7) is 2.46. The van der Waals surface area contributed by atoms with Crippen molar-refractivity contribution in [3.05, 3.63) is 29.7 Å². The fourth-order valence-corrected chi connectivity index (χ4v) is 1.60. The molecule has 0 aromatic carbocycles. The Hall–Kier alpha value is -1.79. The molecule has 1 unspecified atom stereocenters. The molecule has 0 aliphatic carbocycles. The lowest BCUT2D eigenvalue weighted by Gasteiger charge is -2.05. The average molecular weight is 248 g/mol. The minimum absolute atomic E-state index is 0.147. The average Bonchev–Trinajstić information content (AvgIpc) is 2.90. The van der Waals surface area contributed by atoms with Gasteiger partial charge >= 0.3 is 0 Å². The third kappa shape index (κ3) is 2.55. The lowest BCUT2D eigenvalue weighted by molar-refractivity contribution is 0.0903. The topological polar surface area (TPSA) is 87.1 Å². The highest BCUT2D eigenvalue weighted by atomic mass is 16.5. The Morgan fingerprint density at radius 2 is 2.28 bits per heavy atom. The number of nitrogens with zero attached hydrogens (tertiary/aromatic N) is 3. The number of hydrogen-bond acceptors (Lipinski definition) is 6. The maximum atomic E-state index is 5.51. The summed E-state index contributed by atoms with van der Waals surface area (Å²) in [6.07, 6.45) is 2.34. The summed E-state index contributed by atoms with van der Waals surface area (Å²) in [5.74, 6) is 0.934. The molecule has 2 rings (SSSR count). The standard InChI is InChI=1S/C12H16N4O2/c1-3-10(17-2)11-15-12(18-16-11)9-5-4-8(6-13)7-14-9/h4-5,7,10H,3,6,13H2,1-2H3. The highest BCUT2D eigenvalue weighted by Crippen LogP contribution is 2.21. The third-order valence-electron chi connectivity index (χ3n) is 2.66. The number of nitrogens with two attached hydrogens (primary N) is 1. The molecule has 6 heteroatoms. The number of pyridine rings is 1. The zero-order chi connectivity index (χ0) is 13.0. The minimum atomic E-state index is -0.147. The summed E-state index contributed by atoms with van der Waals surface area (Å²) in [4.78, 5) is 8.51. The van der Waals surface area contributed by atoms with Gasteiger partial charge in [0.25, 0.3) is 5.89 Å². The molecule has 1 atom stereocenters. The van der Waals surface area contributed by atoms with Crippen molar-refractivity contribution in [3.8, 4) is 11.6 Å². The van der Waals surface area contributed by atoms with Crippen molar-refractivity contribution in [3.63, 3.8) is 0 Å². The summed E-state index contributed by atoms with van der Waals surface area (Å²) < 4.78 is 10.4. The van der Waals surface area contributed by atoms with Crippen molar-refractivity contribution >= 4 is 0 Å². The molecular weight excluding hydrogens is 232 g/mol. The molecule has 96 valence electrons. The van der Waals surface area contributed by atoms with Gasteiger partial charge in [0.05, 0.1) is 0 Å². The monoisotopic (exact) mass is 248 g/mol. The number of methoxy groups -OCH3 is 1. The number of ether oxygens (including phenoxy) is 1. The van der Waals surface area contributed by atoms with Gasteiger partial charge in [0, 0.05) is 19.9 Å². The smallest absolute Gasteiger partial charge is 0.276 e. The van der Waals surface area contributed by atoms with E-state index in [0.29, 0.717) is 24.0 Å². The van der Waals surface area contributed by atoms with Gasteiger partial charge in [-0.3, -0.25) is 4.98 Å². The fourth-order valence-electron chi connectivity index (χ4n) is 1.60. The molecule has 0 saturated carbocycles. The van der Waals surface area contributed by atoms with Crippen molar-refractivity contribution in [2.24, 2.45) is 5.73 Å². The van der Waals surface area contributed by atoms with Crippen LogP contribution in [0.2, 0.25) is 0 Å². The van der Waals surface area contributed by atoms with Crippen LogP contribution in [0.25, 0.3) is 11.6 Å². The first-order chi connectivity index (χ1) is 8.78. The molecule has 0 amide bonds. The maximum absolute atomic E-state index is 5.51. The van der Waals surface area contributed by atoms with E-state index in [-0.39, 0.29) is 6.10 Å². The highest BCUT2D eigenvalue weighted by molar-refractivity contribution is 5.46. The van der Waals surface area contributed by atoms with Crippen LogP contribution < -0.4 is 5.73 Å². The van der Waals surface area contributed by atoms with Crippen molar-refractivity contribution in [1.82, 2.24) is 15.1 Å². The largest absolute Gasteiger partial charge is 0.373 e. The summed E-state index contributed by atoms with van der Waals surface area (Å²) in [6, 6.07) is 3.70. The predicted octanol–water partition coefficient (Wildman–Crippen LogP) is 1.69. The molecule has 18 heavy (non-hydrogen) atoms. The lowest BCUT2D eigenvalue weighted by atomic mass is 10.2. The van der Waals surface area contributed by atoms with Crippen molar-refractivity contribution < 1.29 is 9.26 Å². The third-order valence-corrected chi connectivity index (χ3v) is 2.66. The Balaban J connectivity index is 2.23. The summed E-state index contributed by atoms with van der Waals surface area (Å²) in [7, 11) is 1.62. The molecule has 6 nitrogen and oxygen atoms in total. The van der Waals surface area contributed by atoms with Gasteiger partial charge < -0.3 is 15.0 Å². The second-order valence-electron chi connectivity index (χ2n) is 3.85. The first-order valence-electron chi connectivity index (χ1n) is 5.80. The van der Waals surface area contributed by atoms with Crippen LogP contribution in [-0.2, 0) is 11.3 Å². The molecule has 2 aromatic rings. The van der Waals surface area contributed by atoms with Gasteiger partial charge in [-0.1, -0.05) is 18.1 Å². The SMILES string of the molecule is CCC(OC)c1noc(-c2ccc(CN)cn2)n1. The van der Waals surface area contributed by atoms with Gasteiger partial charge in [-0.05, 0) is 18.1 Å². The van der Waals surface area contributed by atoms with Crippen LogP contribution in [0.15, 0.2) is 22.9 Å². The van der Waals surface area contributed by atoms with Gasteiger partial charge in [0.1, 0.15) is 11.8 Å². The van der Waals surface area contributed by atoms with E-state index < -0.39 is 0 Å². The van der Waals surface area contributed by atoms with Gasteiger partial charge in [-0.25, -0.2) is 0 Å². The fraction of sp³-hybridized carbons (Fsp3) is 0.417. The van der Waals surface area contributed by atoms with Crippen molar-refractivity contribution in [1.29, 1.82) is 0 Å². The molecule has 0 fully saturated rings. The molecule has 0 spiro atoms. The van der Waals surface area contributed by atoms with Crippen LogP contribution in [0.5, 0.6) is 0 Å². The minimum Gasteiger partial charge on any atom is -0.373 e. The predicted molar refractivity (Wildman–Crippen MR) is 65.5 cm³/mol. The van der Waals surface area contributed by atoms with E-state index in [1.807, 2.05) is 19.1 Å². The number of hydrogen-bond donors (Lipinski definition) is 1. The second-order valence-corrected chi connectivity index (χ2v) is 3.85. The van der Waals surface area contributed by atoms with E-state index >= 15 is 0 Å². The van der Waals surface area contributed by atoms with Gasteiger partial charge in [-0.2, -0.15) is 4.98 Å². The zero-order valence-electron chi connectivity index (χ0n) is 10.5. The van der Waals surface area contributed by atoms with E-state index in [0.717, 1.165) is 12.0 Å². The Morgan fingerprint density at radius 1 is 1.44 bits per heavy atom. The molecule has 0 radical (unpaired) electrons. The molecule has 2 aromatic heterocycles. The Morgan fingerprint density at radius 3 is 2.83 bits per heavy atom.